The number of rotatable bonds is 3. The van der Waals surface area contributed by atoms with Crippen LogP contribution in [0.4, 0.5) is 13.2 Å². The minimum Gasteiger partial charge on any atom is -0.406 e. The van der Waals surface area contributed by atoms with Crippen molar-refractivity contribution in [1.29, 1.82) is 0 Å². The third-order valence-electron chi connectivity index (χ3n) is 3.40. The summed E-state index contributed by atoms with van der Waals surface area (Å²) in [5, 5.41) is 4.06. The maximum absolute atomic E-state index is 12.5. The largest absolute Gasteiger partial charge is 0.573 e. The summed E-state index contributed by atoms with van der Waals surface area (Å²) in [6.07, 6.45) is -3.22. The van der Waals surface area contributed by atoms with Gasteiger partial charge in [-0.3, -0.25) is 4.68 Å². The van der Waals surface area contributed by atoms with Gasteiger partial charge in [-0.05, 0) is 30.3 Å². The molecule has 3 rings (SSSR count). The number of aromatic nitrogens is 2. The fourth-order valence-corrected chi connectivity index (χ4v) is 3.73. The van der Waals surface area contributed by atoms with E-state index in [9.17, 15) is 21.6 Å². The van der Waals surface area contributed by atoms with Gasteiger partial charge in [0, 0.05) is 12.7 Å². The summed E-state index contributed by atoms with van der Waals surface area (Å²) in [6, 6.07) is 5.88. The molecule has 1 aliphatic rings. The summed E-state index contributed by atoms with van der Waals surface area (Å²) in [5.41, 5.74) is 0.761. The number of halogens is 3. The van der Waals surface area contributed by atoms with E-state index < -0.39 is 22.1 Å². The Labute approximate surface area is 130 Å². The van der Waals surface area contributed by atoms with Crippen molar-refractivity contribution in [3.63, 3.8) is 0 Å². The molecule has 6 nitrogen and oxygen atoms in total. The lowest BCUT2D eigenvalue weighted by molar-refractivity contribution is -0.274. The second kappa shape index (κ2) is 5.53. The van der Waals surface area contributed by atoms with Crippen molar-refractivity contribution in [2.75, 3.05) is 6.54 Å². The summed E-state index contributed by atoms with van der Waals surface area (Å²) >= 11 is 0. The smallest absolute Gasteiger partial charge is 0.406 e. The lowest BCUT2D eigenvalue weighted by Crippen LogP contribution is -2.38. The van der Waals surface area contributed by atoms with Crippen LogP contribution in [0, 0.1) is 0 Å². The molecule has 2 heterocycles. The zero-order valence-electron chi connectivity index (χ0n) is 11.7. The van der Waals surface area contributed by atoms with Gasteiger partial charge < -0.3 is 4.74 Å². The van der Waals surface area contributed by atoms with Gasteiger partial charge in [0.1, 0.15) is 5.75 Å². The van der Waals surface area contributed by atoms with E-state index >= 15 is 0 Å². The highest BCUT2D eigenvalue weighted by Crippen LogP contribution is 2.26. The Kier molecular flexibility index (Phi) is 3.80. The Morgan fingerprint density at radius 1 is 1.09 bits per heavy atom. The van der Waals surface area contributed by atoms with Crippen molar-refractivity contribution in [2.24, 2.45) is 0 Å². The monoisotopic (exact) mass is 347 g/mol. The number of sulfonamides is 1. The Hall–Kier alpha value is -2.07. The molecule has 0 unspecified atom stereocenters. The van der Waals surface area contributed by atoms with Gasteiger partial charge in [-0.1, -0.05) is 0 Å². The molecule has 0 fully saturated rings. The lowest BCUT2D eigenvalue weighted by Gasteiger charge is -2.27. The number of hydrogen-bond donors (Lipinski definition) is 0. The van der Waals surface area contributed by atoms with E-state index in [0.29, 0.717) is 6.54 Å². The normalized spacial score (nSPS) is 16.1. The van der Waals surface area contributed by atoms with E-state index in [1.807, 2.05) is 0 Å². The van der Waals surface area contributed by atoms with Crippen molar-refractivity contribution in [3.05, 3.63) is 42.2 Å². The molecule has 2 aromatic rings. The second-order valence-electron chi connectivity index (χ2n) is 4.90. The highest BCUT2D eigenvalue weighted by Gasteiger charge is 2.32. The highest BCUT2D eigenvalue weighted by atomic mass is 32.2. The fourth-order valence-electron chi connectivity index (χ4n) is 2.33. The number of fused-ring (bicyclic) bond motifs is 1. The van der Waals surface area contributed by atoms with Crippen LogP contribution in [0.1, 0.15) is 5.69 Å². The number of nitrogens with zero attached hydrogens (tertiary/aromatic N) is 3. The molecule has 0 radical (unpaired) electrons. The minimum atomic E-state index is -4.81. The minimum absolute atomic E-state index is 0.0833. The van der Waals surface area contributed by atoms with Crippen LogP contribution in [0.3, 0.4) is 0 Å². The second-order valence-corrected chi connectivity index (χ2v) is 6.84. The zero-order chi connectivity index (χ0) is 16.7. The molecule has 23 heavy (non-hydrogen) atoms. The molecular weight excluding hydrogens is 335 g/mol. The number of alkyl halides is 3. The third-order valence-corrected chi connectivity index (χ3v) is 5.26. The molecular formula is C13H12F3N3O3S. The van der Waals surface area contributed by atoms with E-state index in [4.69, 9.17) is 0 Å². The summed E-state index contributed by atoms with van der Waals surface area (Å²) in [4.78, 5) is -0.0833. The quantitative estimate of drug-likeness (QED) is 0.852. The summed E-state index contributed by atoms with van der Waals surface area (Å²) in [5.74, 6) is -0.465. The van der Waals surface area contributed by atoms with Crippen molar-refractivity contribution in [2.45, 2.75) is 24.3 Å². The van der Waals surface area contributed by atoms with Crippen molar-refractivity contribution in [3.8, 4) is 5.75 Å². The van der Waals surface area contributed by atoms with Crippen LogP contribution in [-0.4, -0.2) is 35.4 Å². The molecule has 0 bridgehead atoms. The lowest BCUT2D eigenvalue weighted by atomic mass is 10.3. The molecule has 0 N–H and O–H groups in total. The van der Waals surface area contributed by atoms with Crippen molar-refractivity contribution >= 4 is 10.0 Å². The van der Waals surface area contributed by atoms with Crippen LogP contribution in [0.5, 0.6) is 5.75 Å². The number of benzene rings is 1. The predicted octanol–water partition coefficient (Wildman–Crippen LogP) is 1.99. The van der Waals surface area contributed by atoms with Gasteiger partial charge in [-0.25, -0.2) is 8.42 Å². The van der Waals surface area contributed by atoms with Gasteiger partial charge in [0.25, 0.3) is 0 Å². The van der Waals surface area contributed by atoms with Crippen LogP contribution in [0.2, 0.25) is 0 Å². The van der Waals surface area contributed by atoms with Crippen LogP contribution in [0.25, 0.3) is 0 Å². The predicted molar refractivity (Wildman–Crippen MR) is 72.9 cm³/mol. The Bertz CT molecular complexity index is 800. The average Bonchev–Trinajstić information content (AvgIpc) is 2.93. The van der Waals surface area contributed by atoms with Gasteiger partial charge in [-0.2, -0.15) is 9.40 Å². The molecule has 0 saturated carbocycles. The van der Waals surface area contributed by atoms with E-state index in [2.05, 4.69) is 9.84 Å². The van der Waals surface area contributed by atoms with E-state index in [-0.39, 0.29) is 18.0 Å². The Morgan fingerprint density at radius 3 is 2.43 bits per heavy atom. The molecule has 0 atom stereocenters. The topological polar surface area (TPSA) is 64.4 Å². The van der Waals surface area contributed by atoms with Gasteiger partial charge >= 0.3 is 6.36 Å². The maximum atomic E-state index is 12.5. The molecule has 1 aliphatic heterocycles. The molecule has 0 spiro atoms. The number of ether oxygens (including phenoxy) is 1. The van der Waals surface area contributed by atoms with Gasteiger partial charge in [0.05, 0.1) is 23.7 Å². The summed E-state index contributed by atoms with van der Waals surface area (Å²) < 4.78 is 68.2. The molecule has 124 valence electrons. The number of hydrogen-bond acceptors (Lipinski definition) is 4. The third kappa shape index (κ3) is 3.32. The van der Waals surface area contributed by atoms with Crippen LogP contribution in [-0.2, 0) is 23.1 Å². The molecule has 0 aliphatic carbocycles. The van der Waals surface area contributed by atoms with E-state index in [0.717, 1.165) is 30.0 Å². The van der Waals surface area contributed by atoms with E-state index in [1.165, 1.54) is 4.31 Å². The maximum Gasteiger partial charge on any atom is 0.573 e. The Morgan fingerprint density at radius 2 is 1.78 bits per heavy atom. The first-order chi connectivity index (χ1) is 10.8. The average molecular weight is 347 g/mol. The first-order valence-corrected chi connectivity index (χ1v) is 8.06. The standard InChI is InChI=1S/C13H12F3N3O3S/c14-13(15,16)22-11-1-3-12(4-2-11)23(20,21)18-7-8-19-10(9-18)5-6-17-19/h1-6H,7-9H2. The SMILES string of the molecule is O=S(=O)(c1ccc(OC(F)(F)F)cc1)N1CCn2nccc2C1. The molecule has 10 heteroatoms. The molecule has 0 amide bonds. The van der Waals surface area contributed by atoms with E-state index in [1.54, 1.807) is 16.9 Å². The van der Waals surface area contributed by atoms with Gasteiger partial charge in [-0.15, -0.1) is 13.2 Å². The molecule has 1 aromatic carbocycles. The Balaban J connectivity index is 1.80. The highest BCUT2D eigenvalue weighted by molar-refractivity contribution is 7.89. The first-order valence-electron chi connectivity index (χ1n) is 6.62. The first kappa shape index (κ1) is 15.8. The summed E-state index contributed by atoms with van der Waals surface area (Å²) in [7, 11) is -3.79. The molecule has 1 aromatic heterocycles. The zero-order valence-corrected chi connectivity index (χ0v) is 12.5. The summed E-state index contributed by atoms with van der Waals surface area (Å²) in [6.45, 7) is 0.845. The fraction of sp³-hybridized carbons (Fsp3) is 0.308. The van der Waals surface area contributed by atoms with Gasteiger partial charge in [0.2, 0.25) is 10.0 Å². The van der Waals surface area contributed by atoms with Crippen LogP contribution >= 0.6 is 0 Å². The molecule has 0 saturated heterocycles. The van der Waals surface area contributed by atoms with Crippen LogP contribution < -0.4 is 4.74 Å². The van der Waals surface area contributed by atoms with Gasteiger partial charge in [0.15, 0.2) is 0 Å². The van der Waals surface area contributed by atoms with Crippen molar-refractivity contribution < 1.29 is 26.3 Å². The van der Waals surface area contributed by atoms with Crippen molar-refractivity contribution in [1.82, 2.24) is 14.1 Å². The van der Waals surface area contributed by atoms with Crippen LogP contribution in [0.15, 0.2) is 41.4 Å².